The first-order valence-electron chi connectivity index (χ1n) is 6.69. The molecule has 0 unspecified atom stereocenters. The van der Waals surface area contributed by atoms with Gasteiger partial charge in [0, 0.05) is 26.3 Å². The molecule has 0 saturated heterocycles. The van der Waals surface area contributed by atoms with E-state index in [0.717, 1.165) is 19.3 Å². The SMILES string of the molecule is CCCCCN(C)S(=O)(=O)c1ncccc1NCC. The Morgan fingerprint density at radius 1 is 1.32 bits per heavy atom. The Balaban J connectivity index is 2.93. The third-order valence-electron chi connectivity index (χ3n) is 2.87. The molecule has 1 rings (SSSR count). The van der Waals surface area contributed by atoms with Crippen molar-refractivity contribution in [2.75, 3.05) is 25.5 Å². The van der Waals surface area contributed by atoms with Crippen molar-refractivity contribution in [3.63, 3.8) is 0 Å². The average Bonchev–Trinajstić information content (AvgIpc) is 2.39. The van der Waals surface area contributed by atoms with Gasteiger partial charge in [-0.3, -0.25) is 0 Å². The highest BCUT2D eigenvalue weighted by atomic mass is 32.2. The van der Waals surface area contributed by atoms with Gasteiger partial charge in [-0.2, -0.15) is 4.31 Å². The van der Waals surface area contributed by atoms with E-state index in [9.17, 15) is 8.42 Å². The molecular formula is C13H23N3O2S. The smallest absolute Gasteiger partial charge is 0.262 e. The number of hydrogen-bond donors (Lipinski definition) is 1. The van der Waals surface area contributed by atoms with Crippen molar-refractivity contribution in [1.82, 2.24) is 9.29 Å². The van der Waals surface area contributed by atoms with E-state index in [1.165, 1.54) is 10.5 Å². The molecule has 1 heterocycles. The first kappa shape index (κ1) is 15.9. The standard InChI is InChI=1S/C13H23N3O2S/c1-4-6-7-11-16(3)19(17,18)13-12(14-5-2)9-8-10-15-13/h8-10,14H,4-7,11H2,1-3H3. The molecule has 0 aliphatic heterocycles. The van der Waals surface area contributed by atoms with Crippen LogP contribution < -0.4 is 5.32 Å². The Bertz CT molecular complexity index is 488. The van der Waals surface area contributed by atoms with Gasteiger partial charge in [0.1, 0.15) is 0 Å². The fourth-order valence-electron chi connectivity index (χ4n) is 1.77. The molecule has 5 nitrogen and oxygen atoms in total. The lowest BCUT2D eigenvalue weighted by molar-refractivity contribution is 0.452. The van der Waals surface area contributed by atoms with Crippen LogP contribution in [0, 0.1) is 0 Å². The fraction of sp³-hybridized carbons (Fsp3) is 0.615. The van der Waals surface area contributed by atoms with Crippen LogP contribution >= 0.6 is 0 Å². The molecule has 6 heteroatoms. The minimum absolute atomic E-state index is 0.107. The summed E-state index contributed by atoms with van der Waals surface area (Å²) >= 11 is 0. The molecule has 1 aromatic rings. The maximum Gasteiger partial charge on any atom is 0.262 e. The highest BCUT2D eigenvalue weighted by Gasteiger charge is 2.24. The second kappa shape index (κ2) is 7.45. The predicted octanol–water partition coefficient (Wildman–Crippen LogP) is 2.32. The van der Waals surface area contributed by atoms with Crippen molar-refractivity contribution in [3.8, 4) is 0 Å². The molecule has 0 spiro atoms. The summed E-state index contributed by atoms with van der Waals surface area (Å²) in [6.45, 7) is 5.21. The van der Waals surface area contributed by atoms with Crippen LogP contribution in [0.2, 0.25) is 0 Å². The van der Waals surface area contributed by atoms with Gasteiger partial charge in [-0.1, -0.05) is 19.8 Å². The molecule has 0 aliphatic rings. The van der Waals surface area contributed by atoms with E-state index in [4.69, 9.17) is 0 Å². The molecule has 0 aromatic carbocycles. The molecule has 19 heavy (non-hydrogen) atoms. The van der Waals surface area contributed by atoms with Gasteiger partial charge >= 0.3 is 0 Å². The van der Waals surface area contributed by atoms with E-state index >= 15 is 0 Å². The van der Waals surface area contributed by atoms with E-state index < -0.39 is 10.0 Å². The summed E-state index contributed by atoms with van der Waals surface area (Å²) in [5.74, 6) is 0. The minimum atomic E-state index is -3.51. The van der Waals surface area contributed by atoms with Gasteiger partial charge in [-0.25, -0.2) is 13.4 Å². The van der Waals surface area contributed by atoms with E-state index in [0.29, 0.717) is 18.8 Å². The lowest BCUT2D eigenvalue weighted by Crippen LogP contribution is -2.29. The first-order chi connectivity index (χ1) is 9.04. The minimum Gasteiger partial charge on any atom is -0.383 e. The number of nitrogens with zero attached hydrogens (tertiary/aromatic N) is 2. The van der Waals surface area contributed by atoms with Gasteiger partial charge in [0.15, 0.2) is 5.03 Å². The predicted molar refractivity (Wildman–Crippen MR) is 77.7 cm³/mol. The molecule has 0 radical (unpaired) electrons. The number of pyridine rings is 1. The molecule has 0 amide bonds. The number of nitrogens with one attached hydrogen (secondary N) is 1. The number of unbranched alkanes of at least 4 members (excludes halogenated alkanes) is 2. The molecule has 0 atom stereocenters. The van der Waals surface area contributed by atoms with Crippen molar-refractivity contribution >= 4 is 15.7 Å². The first-order valence-corrected chi connectivity index (χ1v) is 8.13. The summed E-state index contributed by atoms with van der Waals surface area (Å²) in [7, 11) is -1.91. The normalized spacial score (nSPS) is 11.8. The van der Waals surface area contributed by atoms with Crippen molar-refractivity contribution < 1.29 is 8.42 Å². The highest BCUT2D eigenvalue weighted by molar-refractivity contribution is 7.89. The average molecular weight is 285 g/mol. The van der Waals surface area contributed by atoms with Gasteiger partial charge in [-0.15, -0.1) is 0 Å². The number of anilines is 1. The zero-order valence-corrected chi connectivity index (χ0v) is 12.7. The van der Waals surface area contributed by atoms with Gasteiger partial charge in [0.25, 0.3) is 10.0 Å². The van der Waals surface area contributed by atoms with Crippen LogP contribution in [0.15, 0.2) is 23.4 Å². The summed E-state index contributed by atoms with van der Waals surface area (Å²) in [6.07, 6.45) is 4.48. The van der Waals surface area contributed by atoms with Gasteiger partial charge in [0.2, 0.25) is 0 Å². The number of hydrogen-bond acceptors (Lipinski definition) is 4. The summed E-state index contributed by atoms with van der Waals surface area (Å²) in [4.78, 5) is 4.03. The van der Waals surface area contributed by atoms with Crippen LogP contribution in [-0.4, -0.2) is 37.8 Å². The summed E-state index contributed by atoms with van der Waals surface area (Å²) in [5, 5.41) is 3.14. The Hall–Kier alpha value is -1.14. The Labute approximate surface area is 116 Å². The Kier molecular flexibility index (Phi) is 6.24. The zero-order valence-electron chi connectivity index (χ0n) is 11.9. The number of rotatable bonds is 8. The fourth-order valence-corrected chi connectivity index (χ4v) is 3.05. The van der Waals surface area contributed by atoms with Crippen LogP contribution in [0.25, 0.3) is 0 Å². The van der Waals surface area contributed by atoms with Crippen molar-refractivity contribution in [3.05, 3.63) is 18.3 Å². The largest absolute Gasteiger partial charge is 0.383 e. The topological polar surface area (TPSA) is 62.3 Å². The monoisotopic (exact) mass is 285 g/mol. The Morgan fingerprint density at radius 3 is 2.68 bits per heavy atom. The second-order valence-corrected chi connectivity index (χ2v) is 6.38. The molecule has 0 fully saturated rings. The molecular weight excluding hydrogens is 262 g/mol. The third kappa shape index (κ3) is 4.18. The van der Waals surface area contributed by atoms with Gasteiger partial charge < -0.3 is 5.32 Å². The Morgan fingerprint density at radius 2 is 2.05 bits per heavy atom. The van der Waals surface area contributed by atoms with Crippen molar-refractivity contribution in [1.29, 1.82) is 0 Å². The quantitative estimate of drug-likeness (QED) is 0.745. The van der Waals surface area contributed by atoms with E-state index in [2.05, 4.69) is 17.2 Å². The highest BCUT2D eigenvalue weighted by Crippen LogP contribution is 2.21. The maximum atomic E-state index is 12.4. The van der Waals surface area contributed by atoms with Crippen LogP contribution in [0.3, 0.4) is 0 Å². The van der Waals surface area contributed by atoms with Crippen LogP contribution in [0.5, 0.6) is 0 Å². The number of sulfonamides is 1. The molecule has 108 valence electrons. The summed E-state index contributed by atoms with van der Waals surface area (Å²) < 4.78 is 26.3. The van der Waals surface area contributed by atoms with E-state index in [1.807, 2.05) is 6.92 Å². The number of aromatic nitrogens is 1. The maximum absolute atomic E-state index is 12.4. The van der Waals surface area contributed by atoms with E-state index in [1.54, 1.807) is 19.2 Å². The second-order valence-electron chi connectivity index (χ2n) is 4.42. The van der Waals surface area contributed by atoms with Crippen molar-refractivity contribution in [2.24, 2.45) is 0 Å². The lowest BCUT2D eigenvalue weighted by Gasteiger charge is -2.18. The van der Waals surface area contributed by atoms with Gasteiger partial charge in [-0.05, 0) is 25.5 Å². The lowest BCUT2D eigenvalue weighted by atomic mass is 10.2. The summed E-state index contributed by atoms with van der Waals surface area (Å²) in [6, 6.07) is 3.47. The zero-order chi connectivity index (χ0) is 14.3. The van der Waals surface area contributed by atoms with Crippen LogP contribution in [-0.2, 0) is 10.0 Å². The van der Waals surface area contributed by atoms with Gasteiger partial charge in [0.05, 0.1) is 5.69 Å². The third-order valence-corrected chi connectivity index (χ3v) is 4.69. The molecule has 1 aromatic heterocycles. The summed E-state index contributed by atoms with van der Waals surface area (Å²) in [5.41, 5.74) is 0.562. The molecule has 1 N–H and O–H groups in total. The molecule has 0 bridgehead atoms. The van der Waals surface area contributed by atoms with E-state index in [-0.39, 0.29) is 5.03 Å². The van der Waals surface area contributed by atoms with Crippen LogP contribution in [0.4, 0.5) is 5.69 Å². The molecule has 0 saturated carbocycles. The van der Waals surface area contributed by atoms with Crippen molar-refractivity contribution in [2.45, 2.75) is 38.1 Å². The van der Waals surface area contributed by atoms with Crippen LogP contribution in [0.1, 0.15) is 33.1 Å². The molecule has 0 aliphatic carbocycles.